The summed E-state index contributed by atoms with van der Waals surface area (Å²) in [5.74, 6) is 2.39. The number of nitrogens with zero attached hydrogens (tertiary/aromatic N) is 12. The van der Waals surface area contributed by atoms with Gasteiger partial charge in [0.15, 0.2) is 23.3 Å². The van der Waals surface area contributed by atoms with Crippen molar-refractivity contribution in [2.75, 3.05) is 138 Å². The van der Waals surface area contributed by atoms with Gasteiger partial charge in [0.1, 0.15) is 45.3 Å². The van der Waals surface area contributed by atoms with Crippen molar-refractivity contribution in [3.05, 3.63) is 194 Å². The minimum Gasteiger partial charge on any atom is -1.00 e. The summed E-state index contributed by atoms with van der Waals surface area (Å²) in [6.07, 6.45) is 10.3. The second-order valence-corrected chi connectivity index (χ2v) is 42.3. The molecule has 7 heterocycles. The van der Waals surface area contributed by atoms with Crippen LogP contribution in [0.25, 0.3) is 89.7 Å². The average Bonchev–Trinajstić information content (AvgIpc) is 1.10. The zero-order chi connectivity index (χ0) is 73.6. The molecule has 588 valence electrons. The first-order valence-corrected chi connectivity index (χ1v) is 42.9. The predicted molar refractivity (Wildman–Crippen MR) is 446 cm³/mol. The lowest BCUT2D eigenvalue weighted by molar-refractivity contribution is -0.914. The summed E-state index contributed by atoms with van der Waals surface area (Å²) in [5, 5.41) is 9.21. The van der Waals surface area contributed by atoms with Crippen LogP contribution in [0.15, 0.2) is 194 Å². The van der Waals surface area contributed by atoms with Gasteiger partial charge in [-0.25, -0.2) is 29.9 Å². The smallest absolute Gasteiger partial charge is 0.410 e. The van der Waals surface area contributed by atoms with Gasteiger partial charge in [-0.15, -0.1) is 0 Å². The third kappa shape index (κ3) is 19.4. The molecule has 8 aromatic carbocycles. The van der Waals surface area contributed by atoms with Crippen molar-refractivity contribution in [2.24, 2.45) is 0 Å². The normalized spacial score (nSPS) is 14.6. The molecular formula is C86H108Cl6N14O2Si3. The summed E-state index contributed by atoms with van der Waals surface area (Å²) in [5.41, 5.74) is 11.6. The number of benzene rings is 8. The molecular weight excluding hydrogens is 1560 g/mol. The van der Waals surface area contributed by atoms with Crippen LogP contribution in [-0.4, -0.2) is 213 Å². The fourth-order valence-corrected chi connectivity index (χ4v) is 26.5. The van der Waals surface area contributed by atoms with Crippen LogP contribution in [-0.2, 0) is 8.23 Å². The molecule has 16 nitrogen and oxygen atoms in total. The Morgan fingerprint density at radius 3 is 0.766 bits per heavy atom. The summed E-state index contributed by atoms with van der Waals surface area (Å²) in [7, 11) is 26.2. The van der Waals surface area contributed by atoms with Crippen molar-refractivity contribution >= 4 is 114 Å². The molecule has 0 saturated carbocycles. The van der Waals surface area contributed by atoms with E-state index in [9.17, 15) is 0 Å². The number of nitrogens with one attached hydrogen (secondary N) is 2. The van der Waals surface area contributed by atoms with E-state index in [1.54, 1.807) is 0 Å². The van der Waals surface area contributed by atoms with Crippen LogP contribution in [0.5, 0.6) is 0 Å². The monoisotopic (exact) mass is 1660 g/mol. The summed E-state index contributed by atoms with van der Waals surface area (Å²) < 4.78 is 21.2. The average molecular weight is 1670 g/mol. The number of halogens is 6. The number of aromatic nitrogens is 8. The van der Waals surface area contributed by atoms with E-state index >= 15 is 0 Å². The highest BCUT2D eigenvalue weighted by molar-refractivity contribution is 7.02. The Bertz CT molecular complexity index is 4540. The molecule has 2 fully saturated rings. The van der Waals surface area contributed by atoms with E-state index in [1.807, 2.05) is 97.1 Å². The second kappa shape index (κ2) is 36.3. The number of piperidine rings is 2. The van der Waals surface area contributed by atoms with E-state index in [-0.39, 0.29) is 84.4 Å². The lowest BCUT2D eigenvalue weighted by atomic mass is 10.1. The van der Waals surface area contributed by atoms with Gasteiger partial charge in [0, 0.05) is 43.8 Å². The molecule has 0 aliphatic carbocycles. The molecule has 0 atom stereocenters. The highest BCUT2D eigenvalue weighted by atomic mass is 35.5. The minimum atomic E-state index is -2.89. The molecule has 2 N–H and O–H groups in total. The van der Waals surface area contributed by atoms with E-state index < -0.39 is 16.6 Å². The molecule has 11 aromatic rings. The third-order valence-electron chi connectivity index (χ3n) is 22.6. The molecule has 111 heavy (non-hydrogen) atoms. The van der Waals surface area contributed by atoms with Crippen LogP contribution in [0.2, 0.25) is 12.1 Å². The van der Waals surface area contributed by atoms with Crippen molar-refractivity contribution in [2.45, 2.75) is 63.5 Å². The second-order valence-electron chi connectivity index (χ2n) is 33.9. The lowest BCUT2D eigenvalue weighted by Gasteiger charge is -2.40. The van der Waals surface area contributed by atoms with Crippen LogP contribution in [0.3, 0.4) is 0 Å². The van der Waals surface area contributed by atoms with Gasteiger partial charge in [-0.05, 0) is 133 Å². The Kier molecular flexibility index (Phi) is 29.4. The zero-order valence-electron chi connectivity index (χ0n) is 66.7. The quantitative estimate of drug-likeness (QED) is 0.0583. The Morgan fingerprint density at radius 2 is 0.541 bits per heavy atom. The molecule has 8 bridgehead atoms. The standard InChI is InChI=1S/C54H90N6O2Si3.C32H18N8.6ClH/c1-55(2,3)47-23-31-51(32-24-47)64(45-21-43-59(13)39-17-15-18-40-59,52-33-25-48(26-34-52)56(4,5)6)61-63-62-65(46-22-44-60(14)41-19-16-20-42-60,53-35-27-49(28-36-53)57(7,8)9)54-37-29-50(30-38-54)58(10,11)12;1-2-10-18-17(9-1)25-33-26(18)38-28-21-13-5-6-14-22(21)30(35-28)40-32-24-16-8-7-15-23(24)31(36-32)39-29-20-12-4-3-11-19(20)27(34-29)37-25;;;;;;/h23-38H,15-22,39-46H2,1-14H3;1-16H,(H2,33,34,35,36,37,38,39,40);6*1H/q+6;;;;;;;/p-6. The summed E-state index contributed by atoms with van der Waals surface area (Å²) in [4.78, 5) is 36.8. The Labute approximate surface area is 699 Å². The maximum Gasteiger partial charge on any atom is 0.410 e. The lowest BCUT2D eigenvalue weighted by Crippen LogP contribution is -3.00. The molecule has 2 saturated heterocycles. The van der Waals surface area contributed by atoms with Crippen LogP contribution >= 0.6 is 0 Å². The van der Waals surface area contributed by atoms with Crippen molar-refractivity contribution in [1.82, 2.24) is 57.8 Å². The largest absolute Gasteiger partial charge is 1.00 e. The zero-order valence-corrected chi connectivity index (χ0v) is 74.3. The van der Waals surface area contributed by atoms with E-state index in [0.717, 1.165) is 86.7 Å². The molecule has 25 heteroatoms. The number of hydrogen-bond donors (Lipinski definition) is 2. The van der Waals surface area contributed by atoms with Gasteiger partial charge in [-0.3, -0.25) is 17.9 Å². The molecule has 15 rings (SSSR count). The van der Waals surface area contributed by atoms with Gasteiger partial charge in [0.25, 0.3) is 0 Å². The van der Waals surface area contributed by atoms with Gasteiger partial charge >= 0.3 is 10.0 Å². The van der Waals surface area contributed by atoms with Gasteiger partial charge < -0.3 is 102 Å². The summed E-state index contributed by atoms with van der Waals surface area (Å²) >= 11 is 0. The summed E-state index contributed by atoms with van der Waals surface area (Å²) in [6, 6.07) is 72.5. The first-order chi connectivity index (χ1) is 50.2. The van der Waals surface area contributed by atoms with Crippen LogP contribution in [0.4, 0.5) is 22.7 Å². The van der Waals surface area contributed by atoms with Crippen molar-refractivity contribution in [1.29, 1.82) is 0 Å². The van der Waals surface area contributed by atoms with Gasteiger partial charge in [-0.1, -0.05) is 146 Å². The first kappa shape index (κ1) is 89.7. The maximum absolute atomic E-state index is 7.90. The Balaban J connectivity index is 0.000000288. The van der Waals surface area contributed by atoms with Gasteiger partial charge in [-0.2, -0.15) is 0 Å². The van der Waals surface area contributed by atoms with Crippen LogP contribution in [0.1, 0.15) is 51.4 Å². The minimum absolute atomic E-state index is 0. The number of quaternary nitrogens is 6. The number of H-pyrrole nitrogens is 2. The maximum atomic E-state index is 7.90. The number of rotatable bonds is 20. The van der Waals surface area contributed by atoms with Crippen LogP contribution in [0, 0.1) is 0 Å². The number of hydrogen-bond acceptors (Lipinski definition) is 8. The SMILES string of the molecule is C[N+]1(CCC[Si](O[Si]O[Si](CCC[N+]2(C)CCCCC2)(c2ccc([N+](C)(C)C)cc2)c2ccc([N+](C)(C)C)cc2)(c2ccc([N+](C)(C)C)cc2)c2ccc([N+](C)(C)C)cc2)CCCCC1.[Cl-].[Cl-].[Cl-].[Cl-].[Cl-].[Cl-].c1ccc2c(c1)-c1nc-2nc2[nH]c(nc3nc(nc4[nH]c(n1)c1ccccc41)-c1ccccc1-3)c1ccccc21. The fourth-order valence-electron chi connectivity index (χ4n) is 16.1. The fraction of sp³-hybridized carbons (Fsp3) is 0.349. The topological polar surface area (TPSA) is 127 Å². The van der Waals surface area contributed by atoms with Crippen molar-refractivity contribution < 1.29 is 91.6 Å². The van der Waals surface area contributed by atoms with Gasteiger partial charge in [0.05, 0.1) is 138 Å². The number of likely N-dealkylation sites (tertiary alicyclic amines) is 2. The predicted octanol–water partition coefficient (Wildman–Crippen LogP) is -4.21. The molecule has 0 unspecified atom stereocenters. The molecule has 4 aliphatic rings. The van der Waals surface area contributed by atoms with E-state index in [2.05, 4.69) is 206 Å². The highest BCUT2D eigenvalue weighted by Crippen LogP contribution is 2.38. The molecule has 4 aliphatic heterocycles. The summed E-state index contributed by atoms with van der Waals surface area (Å²) in [6.45, 7) is 7.49. The van der Waals surface area contributed by atoms with E-state index in [4.69, 9.17) is 38.1 Å². The molecule has 0 spiro atoms. The highest BCUT2D eigenvalue weighted by Gasteiger charge is 2.46. The molecule has 0 amide bonds. The number of aromatic amines is 2. The Morgan fingerprint density at radius 1 is 0.315 bits per heavy atom. The van der Waals surface area contributed by atoms with Crippen molar-refractivity contribution in [3.8, 4) is 45.6 Å². The number of fused-ring (bicyclic) bond motifs is 20. The Hall–Kier alpha value is -6.81. The van der Waals surface area contributed by atoms with Crippen LogP contribution < -0.4 is 113 Å². The van der Waals surface area contributed by atoms with E-state index in [1.165, 1.54) is 130 Å². The first-order valence-electron chi connectivity index (χ1n) is 37.9. The van der Waals surface area contributed by atoms with Crippen molar-refractivity contribution in [3.63, 3.8) is 0 Å². The van der Waals surface area contributed by atoms with Gasteiger partial charge in [0.2, 0.25) is 16.6 Å². The molecule has 2 radical (unpaired) electrons. The third-order valence-corrected chi connectivity index (χ3v) is 33.2. The van der Waals surface area contributed by atoms with E-state index in [0.29, 0.717) is 45.9 Å². The molecule has 3 aromatic heterocycles.